The lowest BCUT2D eigenvalue weighted by atomic mass is 9.99. The number of hydrogen-bond acceptors (Lipinski definition) is 6. The van der Waals surface area contributed by atoms with E-state index in [1.54, 1.807) is 36.5 Å². The Labute approximate surface area is 216 Å². The van der Waals surface area contributed by atoms with Gasteiger partial charge in [0, 0.05) is 29.3 Å². The van der Waals surface area contributed by atoms with E-state index in [0.29, 0.717) is 29.7 Å². The molecule has 188 valence electrons. The molecule has 1 N–H and O–H groups in total. The molecule has 0 unspecified atom stereocenters. The molecule has 1 amide bonds. The van der Waals surface area contributed by atoms with Crippen LogP contribution in [0.4, 0.5) is 5.69 Å². The fourth-order valence-corrected chi connectivity index (χ4v) is 6.44. The van der Waals surface area contributed by atoms with E-state index >= 15 is 0 Å². The van der Waals surface area contributed by atoms with E-state index in [9.17, 15) is 21.6 Å². The normalized spacial score (nSPS) is 13.8. The first kappa shape index (κ1) is 24.9. The molecule has 5 rings (SSSR count). The van der Waals surface area contributed by atoms with E-state index < -0.39 is 25.6 Å². The molecular formula is C28H24N2O5S2. The number of nitrogens with zero attached hydrogens (tertiary/aromatic N) is 1. The minimum atomic E-state index is -3.57. The lowest BCUT2D eigenvalue weighted by Gasteiger charge is -2.14. The summed E-state index contributed by atoms with van der Waals surface area (Å²) in [6.07, 6.45) is 4.03. The fourth-order valence-electron chi connectivity index (χ4n) is 4.09. The fraction of sp³-hybridized carbons (Fsp3) is 0.143. The Kier molecular flexibility index (Phi) is 6.43. The number of carbonyl (C=O) groups is 1. The zero-order valence-corrected chi connectivity index (χ0v) is 21.6. The molecule has 1 aromatic heterocycles. The van der Waals surface area contributed by atoms with Gasteiger partial charge in [0.05, 0.1) is 20.7 Å². The number of sulfone groups is 2. The predicted octanol–water partition coefficient (Wildman–Crippen LogP) is 5.01. The van der Waals surface area contributed by atoms with Crippen molar-refractivity contribution >= 4 is 31.3 Å². The van der Waals surface area contributed by atoms with Gasteiger partial charge in [-0.05, 0) is 78.6 Å². The molecule has 4 aromatic rings. The molecule has 0 aliphatic heterocycles. The molecule has 1 aliphatic carbocycles. The van der Waals surface area contributed by atoms with Gasteiger partial charge in [-0.15, -0.1) is 0 Å². The number of pyridine rings is 1. The largest absolute Gasteiger partial charge is 0.322 e. The summed E-state index contributed by atoms with van der Waals surface area (Å²) in [5, 5.41) is 2.49. The SMILES string of the molecule is CS(=O)(=O)c1ccc(C(=O)Nc2cccc(-c3ccccn3)c2)c(-c2cccc(S(=O)(=O)C3CC3)c2)c1. The van der Waals surface area contributed by atoms with Gasteiger partial charge in [0.15, 0.2) is 19.7 Å². The molecule has 3 aromatic carbocycles. The molecule has 0 saturated heterocycles. The van der Waals surface area contributed by atoms with Crippen molar-refractivity contribution in [3.05, 3.63) is 96.7 Å². The Hall–Kier alpha value is -3.82. The van der Waals surface area contributed by atoms with E-state index in [0.717, 1.165) is 17.5 Å². The number of amides is 1. The topological polar surface area (TPSA) is 110 Å². The van der Waals surface area contributed by atoms with Crippen LogP contribution in [-0.2, 0) is 19.7 Å². The maximum absolute atomic E-state index is 13.4. The highest BCUT2D eigenvalue weighted by Crippen LogP contribution is 2.36. The van der Waals surface area contributed by atoms with Crippen LogP contribution in [0, 0.1) is 0 Å². The molecule has 7 nitrogen and oxygen atoms in total. The van der Waals surface area contributed by atoms with Crippen molar-refractivity contribution < 1.29 is 21.6 Å². The average molecular weight is 533 g/mol. The van der Waals surface area contributed by atoms with Gasteiger partial charge in [-0.1, -0.05) is 30.3 Å². The predicted molar refractivity (Wildman–Crippen MR) is 143 cm³/mol. The second-order valence-electron chi connectivity index (χ2n) is 9.00. The minimum absolute atomic E-state index is 0.0339. The van der Waals surface area contributed by atoms with Crippen molar-refractivity contribution in [2.75, 3.05) is 11.6 Å². The molecule has 0 bridgehead atoms. The van der Waals surface area contributed by atoms with Gasteiger partial charge in [0.1, 0.15) is 0 Å². The number of carbonyl (C=O) groups excluding carboxylic acids is 1. The number of nitrogens with one attached hydrogen (secondary N) is 1. The summed E-state index contributed by atoms with van der Waals surface area (Å²) in [4.78, 5) is 18.0. The smallest absolute Gasteiger partial charge is 0.256 e. The van der Waals surface area contributed by atoms with Crippen LogP contribution in [0.25, 0.3) is 22.4 Å². The van der Waals surface area contributed by atoms with Crippen LogP contribution in [-0.4, -0.2) is 39.2 Å². The zero-order valence-electron chi connectivity index (χ0n) is 20.0. The summed E-state index contributed by atoms with van der Waals surface area (Å²) in [5.74, 6) is -0.455. The third kappa shape index (κ3) is 5.33. The van der Waals surface area contributed by atoms with Crippen molar-refractivity contribution in [3.8, 4) is 22.4 Å². The molecular weight excluding hydrogens is 508 g/mol. The molecule has 1 heterocycles. The van der Waals surface area contributed by atoms with Gasteiger partial charge in [-0.25, -0.2) is 16.8 Å². The van der Waals surface area contributed by atoms with Crippen molar-refractivity contribution in [3.63, 3.8) is 0 Å². The average Bonchev–Trinajstić information content (AvgIpc) is 3.75. The van der Waals surface area contributed by atoms with E-state index in [2.05, 4.69) is 10.3 Å². The van der Waals surface area contributed by atoms with Crippen LogP contribution >= 0.6 is 0 Å². The maximum atomic E-state index is 13.4. The van der Waals surface area contributed by atoms with Crippen LogP contribution in [0.15, 0.2) is 101 Å². The summed E-state index contributed by atoms with van der Waals surface area (Å²) in [7, 11) is -7.04. The highest BCUT2D eigenvalue weighted by molar-refractivity contribution is 7.92. The van der Waals surface area contributed by atoms with Crippen LogP contribution < -0.4 is 5.32 Å². The van der Waals surface area contributed by atoms with E-state index in [1.807, 2.05) is 24.3 Å². The first-order valence-electron chi connectivity index (χ1n) is 11.6. The van der Waals surface area contributed by atoms with Crippen molar-refractivity contribution in [2.45, 2.75) is 27.9 Å². The van der Waals surface area contributed by atoms with E-state index in [1.165, 1.54) is 30.3 Å². The molecule has 0 atom stereocenters. The molecule has 37 heavy (non-hydrogen) atoms. The van der Waals surface area contributed by atoms with Crippen LogP contribution in [0.5, 0.6) is 0 Å². The lowest BCUT2D eigenvalue weighted by molar-refractivity contribution is 0.102. The van der Waals surface area contributed by atoms with Crippen molar-refractivity contribution in [1.82, 2.24) is 4.98 Å². The molecule has 9 heteroatoms. The monoisotopic (exact) mass is 532 g/mol. The van der Waals surface area contributed by atoms with Crippen LogP contribution in [0.1, 0.15) is 23.2 Å². The minimum Gasteiger partial charge on any atom is -0.322 e. The number of rotatable bonds is 7. The summed E-state index contributed by atoms with van der Waals surface area (Å²) >= 11 is 0. The highest BCUT2D eigenvalue weighted by Gasteiger charge is 2.37. The quantitative estimate of drug-likeness (QED) is 0.358. The molecule has 0 radical (unpaired) electrons. The summed E-state index contributed by atoms with van der Waals surface area (Å²) in [6, 6.07) is 23.4. The first-order valence-corrected chi connectivity index (χ1v) is 15.1. The summed E-state index contributed by atoms with van der Waals surface area (Å²) < 4.78 is 50.2. The number of benzene rings is 3. The molecule has 1 saturated carbocycles. The van der Waals surface area contributed by atoms with Crippen LogP contribution in [0.2, 0.25) is 0 Å². The number of anilines is 1. The van der Waals surface area contributed by atoms with Gasteiger partial charge >= 0.3 is 0 Å². The second-order valence-corrected chi connectivity index (χ2v) is 13.2. The Morgan fingerprint density at radius 2 is 1.57 bits per heavy atom. The maximum Gasteiger partial charge on any atom is 0.256 e. The number of aromatic nitrogens is 1. The molecule has 1 fully saturated rings. The Balaban J connectivity index is 1.55. The Morgan fingerprint density at radius 3 is 2.27 bits per heavy atom. The van der Waals surface area contributed by atoms with Gasteiger partial charge in [0.2, 0.25) is 0 Å². The van der Waals surface area contributed by atoms with Crippen molar-refractivity contribution in [2.24, 2.45) is 0 Å². The Bertz CT molecular complexity index is 1710. The van der Waals surface area contributed by atoms with Gasteiger partial charge in [0.25, 0.3) is 5.91 Å². The van der Waals surface area contributed by atoms with E-state index in [-0.39, 0.29) is 20.6 Å². The lowest BCUT2D eigenvalue weighted by Crippen LogP contribution is -2.14. The third-order valence-corrected chi connectivity index (χ3v) is 9.55. The highest BCUT2D eigenvalue weighted by atomic mass is 32.2. The van der Waals surface area contributed by atoms with Crippen molar-refractivity contribution in [1.29, 1.82) is 0 Å². The summed E-state index contributed by atoms with van der Waals surface area (Å²) in [6.45, 7) is 0. The van der Waals surface area contributed by atoms with Gasteiger partial charge in [-0.2, -0.15) is 0 Å². The Morgan fingerprint density at radius 1 is 0.811 bits per heavy atom. The van der Waals surface area contributed by atoms with E-state index in [4.69, 9.17) is 0 Å². The van der Waals surface area contributed by atoms with Gasteiger partial charge in [-0.3, -0.25) is 9.78 Å². The third-order valence-electron chi connectivity index (χ3n) is 6.18. The van der Waals surface area contributed by atoms with Crippen LogP contribution in [0.3, 0.4) is 0 Å². The summed E-state index contributed by atoms with van der Waals surface area (Å²) in [5.41, 5.74) is 3.11. The first-order chi connectivity index (χ1) is 17.6. The molecule has 0 spiro atoms. The second kappa shape index (κ2) is 9.57. The number of hydrogen-bond donors (Lipinski definition) is 1. The zero-order chi connectivity index (χ0) is 26.2. The standard InChI is InChI=1S/C28H24N2O5S2/c1-36(32,33)23-13-14-25(26(18-23)19-6-5-9-24(17-19)37(34,35)22-11-12-22)28(31)30-21-8-4-7-20(16-21)27-10-2-3-15-29-27/h2-10,13-18,22H,11-12H2,1H3,(H,30,31). The molecule has 1 aliphatic rings. The van der Waals surface area contributed by atoms with Gasteiger partial charge < -0.3 is 5.32 Å².